The average molecular weight is 99.5 g/mol. The van der Waals surface area contributed by atoms with Crippen molar-refractivity contribution in [1.29, 1.82) is 0 Å². The van der Waals surface area contributed by atoms with E-state index >= 15 is 0 Å². The van der Waals surface area contributed by atoms with Gasteiger partial charge in [-0.2, -0.15) is 0 Å². The van der Waals surface area contributed by atoms with Gasteiger partial charge in [0.05, 0.1) is 0 Å². The quantitative estimate of drug-likeness (QED) is 0.435. The van der Waals surface area contributed by atoms with Gasteiger partial charge in [0, 0.05) is 5.03 Å². The van der Waals surface area contributed by atoms with Crippen LogP contribution in [0.15, 0.2) is 17.2 Å². The van der Waals surface area contributed by atoms with Crippen LogP contribution in [0, 0.1) is 6.08 Å². The van der Waals surface area contributed by atoms with Gasteiger partial charge in [-0.25, -0.2) is 0 Å². The van der Waals surface area contributed by atoms with Gasteiger partial charge >= 0.3 is 0 Å². The molecule has 0 atom stereocenters. The van der Waals surface area contributed by atoms with Crippen LogP contribution < -0.4 is 0 Å². The van der Waals surface area contributed by atoms with Gasteiger partial charge in [-0.05, 0) is 18.6 Å². The maximum Gasteiger partial charge on any atom is 0.0441 e. The van der Waals surface area contributed by atoms with Crippen molar-refractivity contribution in [2.24, 2.45) is 0 Å². The molecular weight excluding hydrogens is 95.5 g/mol. The summed E-state index contributed by atoms with van der Waals surface area (Å²) in [5.41, 5.74) is 0. The third-order valence-electron chi connectivity index (χ3n) is 0.653. The molecule has 0 heterocycles. The maximum atomic E-state index is 5.43. The van der Waals surface area contributed by atoms with E-state index in [1.54, 1.807) is 0 Å². The van der Waals surface area contributed by atoms with Gasteiger partial charge in [0.25, 0.3) is 0 Å². The molecule has 1 rings (SSSR count). The average Bonchev–Trinajstić information content (AvgIpc) is 1.86. The minimum atomic E-state index is 0.745. The number of hydrogen-bond donors (Lipinski definition) is 0. The van der Waals surface area contributed by atoms with Gasteiger partial charge in [-0.15, -0.1) is 0 Å². The normalized spacial score (nSPS) is 18.5. The van der Waals surface area contributed by atoms with Gasteiger partial charge in [-0.1, -0.05) is 17.7 Å². The molecule has 0 nitrogen and oxygen atoms in total. The van der Waals surface area contributed by atoms with E-state index in [1.165, 1.54) is 0 Å². The highest BCUT2D eigenvalue weighted by molar-refractivity contribution is 6.31. The van der Waals surface area contributed by atoms with Crippen LogP contribution in [0.4, 0.5) is 0 Å². The van der Waals surface area contributed by atoms with Gasteiger partial charge in [0.2, 0.25) is 0 Å². The van der Waals surface area contributed by atoms with Crippen molar-refractivity contribution < 1.29 is 0 Å². The van der Waals surface area contributed by atoms with Crippen molar-refractivity contribution in [2.45, 2.75) is 6.42 Å². The van der Waals surface area contributed by atoms with Crippen molar-refractivity contribution in [3.05, 3.63) is 23.3 Å². The lowest BCUT2D eigenvalue weighted by atomic mass is 10.5. The molecular formula is C5H4Cl. The zero-order chi connectivity index (χ0) is 4.41. The lowest BCUT2D eigenvalue weighted by Gasteiger charge is -1.67. The van der Waals surface area contributed by atoms with Crippen molar-refractivity contribution in [1.82, 2.24) is 0 Å². The third-order valence-corrected chi connectivity index (χ3v) is 0.913. The SMILES string of the molecule is ClC1=[C]CC=C1. The minimum absolute atomic E-state index is 0.745. The van der Waals surface area contributed by atoms with E-state index in [-0.39, 0.29) is 0 Å². The second-order valence-electron chi connectivity index (χ2n) is 1.13. The van der Waals surface area contributed by atoms with Gasteiger partial charge in [0.1, 0.15) is 0 Å². The summed E-state index contributed by atoms with van der Waals surface area (Å²) < 4.78 is 0. The van der Waals surface area contributed by atoms with Crippen LogP contribution in [-0.2, 0) is 0 Å². The molecule has 0 N–H and O–H groups in total. The van der Waals surface area contributed by atoms with E-state index in [2.05, 4.69) is 6.08 Å². The smallest absolute Gasteiger partial charge is 0.0441 e. The lowest BCUT2D eigenvalue weighted by molar-refractivity contribution is 1.39. The van der Waals surface area contributed by atoms with Crippen molar-refractivity contribution in [2.75, 3.05) is 0 Å². The second kappa shape index (κ2) is 1.48. The molecule has 0 saturated carbocycles. The highest BCUT2D eigenvalue weighted by Crippen LogP contribution is 2.09. The van der Waals surface area contributed by atoms with Crippen LogP contribution in [0.25, 0.3) is 0 Å². The fraction of sp³-hybridized carbons (Fsp3) is 0.200. The molecule has 31 valence electrons. The summed E-state index contributed by atoms with van der Waals surface area (Å²) in [5.74, 6) is 0. The Labute approximate surface area is 42.1 Å². The Bertz CT molecular complexity index is 97.8. The molecule has 1 aliphatic rings. The van der Waals surface area contributed by atoms with E-state index in [4.69, 9.17) is 11.6 Å². The van der Waals surface area contributed by atoms with Crippen molar-refractivity contribution in [3.63, 3.8) is 0 Å². The summed E-state index contributed by atoms with van der Waals surface area (Å²) in [7, 11) is 0. The first-order valence-corrected chi connectivity index (χ1v) is 2.20. The Morgan fingerprint density at radius 3 is 2.83 bits per heavy atom. The molecule has 0 fully saturated rings. The summed E-state index contributed by atoms with van der Waals surface area (Å²) in [6.07, 6.45) is 7.60. The first-order chi connectivity index (χ1) is 2.89. The Morgan fingerprint density at radius 2 is 2.67 bits per heavy atom. The highest BCUT2D eigenvalue weighted by Gasteiger charge is 1.88. The molecule has 0 aromatic heterocycles. The van der Waals surface area contributed by atoms with Crippen LogP contribution in [0.1, 0.15) is 6.42 Å². The van der Waals surface area contributed by atoms with Crippen molar-refractivity contribution >= 4 is 11.6 Å². The molecule has 0 bridgehead atoms. The van der Waals surface area contributed by atoms with Crippen LogP contribution in [0.5, 0.6) is 0 Å². The summed E-state index contributed by atoms with van der Waals surface area (Å²) in [4.78, 5) is 0. The first kappa shape index (κ1) is 3.94. The Balaban J connectivity index is 2.68. The number of allylic oxidation sites excluding steroid dienone is 4. The predicted octanol–water partition coefficient (Wildman–Crippen LogP) is 1.87. The molecule has 6 heavy (non-hydrogen) atoms. The molecule has 0 aromatic rings. The van der Waals surface area contributed by atoms with Crippen LogP contribution in [-0.4, -0.2) is 0 Å². The van der Waals surface area contributed by atoms with Gasteiger partial charge in [0.15, 0.2) is 0 Å². The zero-order valence-corrected chi connectivity index (χ0v) is 4.00. The lowest BCUT2D eigenvalue weighted by Crippen LogP contribution is -1.47. The standard InChI is InChI=1S/C5H4Cl/c6-5-3-1-2-4-5/h1,3H,2H2. The number of hydrogen-bond acceptors (Lipinski definition) is 0. The van der Waals surface area contributed by atoms with Gasteiger partial charge < -0.3 is 0 Å². The minimum Gasteiger partial charge on any atom is -0.0840 e. The largest absolute Gasteiger partial charge is 0.0840 e. The van der Waals surface area contributed by atoms with E-state index in [0.717, 1.165) is 11.5 Å². The number of rotatable bonds is 0. The molecule has 0 amide bonds. The fourth-order valence-corrected chi connectivity index (χ4v) is 0.544. The molecule has 0 spiro atoms. The third kappa shape index (κ3) is 0.631. The monoisotopic (exact) mass is 99.0 g/mol. The Morgan fingerprint density at radius 1 is 1.83 bits per heavy atom. The molecule has 0 aliphatic heterocycles. The summed E-state index contributed by atoms with van der Waals surface area (Å²) >= 11 is 5.43. The molecule has 1 heteroatoms. The summed E-state index contributed by atoms with van der Waals surface area (Å²) in [6.45, 7) is 0. The van der Waals surface area contributed by atoms with E-state index in [0.29, 0.717) is 0 Å². The van der Waals surface area contributed by atoms with E-state index in [9.17, 15) is 0 Å². The second-order valence-corrected chi connectivity index (χ2v) is 1.54. The Hall–Kier alpha value is -0.230. The molecule has 1 aliphatic carbocycles. The maximum absolute atomic E-state index is 5.43. The summed E-state index contributed by atoms with van der Waals surface area (Å²) in [5, 5.41) is 0.745. The van der Waals surface area contributed by atoms with E-state index in [1.807, 2.05) is 12.2 Å². The topological polar surface area (TPSA) is 0 Å². The van der Waals surface area contributed by atoms with Crippen LogP contribution in [0.3, 0.4) is 0 Å². The summed E-state index contributed by atoms with van der Waals surface area (Å²) in [6, 6.07) is 0. The molecule has 0 aromatic carbocycles. The molecule has 0 saturated heterocycles. The molecule has 0 unspecified atom stereocenters. The zero-order valence-electron chi connectivity index (χ0n) is 3.24. The predicted molar refractivity (Wildman–Crippen MR) is 26.4 cm³/mol. The van der Waals surface area contributed by atoms with Crippen LogP contribution >= 0.6 is 11.6 Å². The highest BCUT2D eigenvalue weighted by atomic mass is 35.5. The molecule has 1 radical (unpaired) electrons. The van der Waals surface area contributed by atoms with Gasteiger partial charge in [-0.3, -0.25) is 0 Å². The first-order valence-electron chi connectivity index (χ1n) is 1.82. The fourth-order valence-electron chi connectivity index (χ4n) is 0.378. The Kier molecular flexibility index (Phi) is 0.972. The van der Waals surface area contributed by atoms with Crippen molar-refractivity contribution in [3.8, 4) is 0 Å². The van der Waals surface area contributed by atoms with Crippen LogP contribution in [0.2, 0.25) is 0 Å². The van der Waals surface area contributed by atoms with E-state index < -0.39 is 0 Å². The number of halogens is 1.